The van der Waals surface area contributed by atoms with Gasteiger partial charge < -0.3 is 52.1 Å². The molecular formula is C55H58O11. The van der Waals surface area contributed by atoms with E-state index >= 15 is 0 Å². The topological polar surface area (TPSA) is 102 Å². The van der Waals surface area contributed by atoms with E-state index in [1.165, 1.54) is 0 Å². The molecule has 0 aliphatic carbocycles. The third kappa shape index (κ3) is 11.7. The van der Waals surface area contributed by atoms with Crippen molar-refractivity contribution in [2.24, 2.45) is 0 Å². The number of fused-ring (bicyclic) bond motifs is 1. The Labute approximate surface area is 387 Å². The SMILES string of the molecule is CO[C@H]1O[C@@H]2CO[C@@]3(O[C@@H]2[C@H](OCc2ccccc2)[C@H]1OCc1ccccc1)O[C@H](COCc1ccccc1)[C@@H](OCc1ccccc1)[C@H](OCc1ccccc1)[C@@H]3OCc1ccccc1. The van der Waals surface area contributed by atoms with Gasteiger partial charge >= 0.3 is 5.97 Å². The summed E-state index contributed by atoms with van der Waals surface area (Å²) in [7, 11) is 1.60. The molecule has 11 heteroatoms. The van der Waals surface area contributed by atoms with Crippen LogP contribution >= 0.6 is 0 Å². The summed E-state index contributed by atoms with van der Waals surface area (Å²) in [5.74, 6) is -1.87. The summed E-state index contributed by atoms with van der Waals surface area (Å²) in [6, 6.07) is 60.1. The van der Waals surface area contributed by atoms with Gasteiger partial charge in [0.25, 0.3) is 0 Å². The molecule has 9 rings (SSSR count). The lowest BCUT2D eigenvalue weighted by Crippen LogP contribution is -2.75. The predicted octanol–water partition coefficient (Wildman–Crippen LogP) is 8.97. The molecule has 0 aromatic heterocycles. The molecule has 0 N–H and O–H groups in total. The van der Waals surface area contributed by atoms with Crippen LogP contribution in [0.2, 0.25) is 0 Å². The fraction of sp³-hybridized carbons (Fsp3) is 0.345. The largest absolute Gasteiger partial charge is 0.374 e. The van der Waals surface area contributed by atoms with Crippen LogP contribution in [-0.2, 0) is 91.7 Å². The Morgan fingerprint density at radius 2 is 0.833 bits per heavy atom. The van der Waals surface area contributed by atoms with Gasteiger partial charge in [0.05, 0.1) is 52.9 Å². The average Bonchev–Trinajstić information content (AvgIpc) is 3.38. The monoisotopic (exact) mass is 894 g/mol. The van der Waals surface area contributed by atoms with Crippen molar-refractivity contribution in [1.82, 2.24) is 0 Å². The molecule has 3 saturated heterocycles. The van der Waals surface area contributed by atoms with Crippen LogP contribution < -0.4 is 0 Å². The van der Waals surface area contributed by atoms with Crippen molar-refractivity contribution >= 4 is 0 Å². The van der Waals surface area contributed by atoms with Crippen molar-refractivity contribution in [2.75, 3.05) is 20.3 Å². The minimum Gasteiger partial charge on any atom is -0.374 e. The molecule has 0 amide bonds. The number of hydrogen-bond acceptors (Lipinski definition) is 11. The van der Waals surface area contributed by atoms with E-state index in [0.29, 0.717) is 6.61 Å². The minimum absolute atomic E-state index is 0.0465. The Morgan fingerprint density at radius 3 is 1.29 bits per heavy atom. The number of methoxy groups -OCH3 is 1. The number of ether oxygens (including phenoxy) is 11. The van der Waals surface area contributed by atoms with Crippen LogP contribution in [0.4, 0.5) is 0 Å². The van der Waals surface area contributed by atoms with Gasteiger partial charge in [0.2, 0.25) is 0 Å². The maximum atomic E-state index is 7.34. The molecule has 3 aliphatic rings. The van der Waals surface area contributed by atoms with E-state index < -0.39 is 61.1 Å². The van der Waals surface area contributed by atoms with Crippen LogP contribution in [0.5, 0.6) is 0 Å². The van der Waals surface area contributed by atoms with E-state index in [2.05, 4.69) is 0 Å². The second-order valence-electron chi connectivity index (χ2n) is 16.7. The van der Waals surface area contributed by atoms with Gasteiger partial charge in [-0.05, 0) is 33.4 Å². The summed E-state index contributed by atoms with van der Waals surface area (Å²) in [6.45, 7) is 1.79. The summed E-state index contributed by atoms with van der Waals surface area (Å²) in [5, 5.41) is 0. The summed E-state index contributed by atoms with van der Waals surface area (Å²) < 4.78 is 75.2. The quantitative estimate of drug-likeness (QED) is 0.0735. The number of hydrogen-bond donors (Lipinski definition) is 0. The fourth-order valence-corrected chi connectivity index (χ4v) is 8.68. The Hall–Kier alpha value is -5.12. The second kappa shape index (κ2) is 23.1. The van der Waals surface area contributed by atoms with E-state index in [0.717, 1.165) is 33.4 Å². The first kappa shape index (κ1) is 46.0. The smallest absolute Gasteiger partial charge is 0.314 e. The zero-order chi connectivity index (χ0) is 44.8. The molecule has 11 nitrogen and oxygen atoms in total. The molecular weight excluding hydrogens is 837 g/mol. The zero-order valence-electron chi connectivity index (χ0n) is 37.2. The molecule has 0 radical (unpaired) electrons. The van der Waals surface area contributed by atoms with E-state index in [1.807, 2.05) is 182 Å². The predicted molar refractivity (Wildman–Crippen MR) is 245 cm³/mol. The van der Waals surface area contributed by atoms with E-state index in [4.69, 9.17) is 52.1 Å². The molecule has 3 heterocycles. The number of benzene rings is 6. The Kier molecular flexibility index (Phi) is 16.1. The van der Waals surface area contributed by atoms with E-state index in [1.54, 1.807) is 7.11 Å². The maximum Gasteiger partial charge on any atom is 0.314 e. The summed E-state index contributed by atoms with van der Waals surface area (Å²) >= 11 is 0. The van der Waals surface area contributed by atoms with Gasteiger partial charge in [0.1, 0.15) is 42.7 Å². The molecule has 66 heavy (non-hydrogen) atoms. The molecule has 0 bridgehead atoms. The standard InChI is InChI=1S/C55H58O11/c1-56-54-52(61-36-44-28-16-6-17-29-44)50(59-34-42-24-12-4-13-25-42)49-46(64-54)39-63-55(66-49)53(62-37-45-30-18-7-19-31-45)51(60-35-43-26-14-5-15-27-43)48(58-33-41-22-10-3-11-23-41)47(65-55)38-57-32-40-20-8-2-9-21-40/h2-31,46-54H,32-39H2,1H3/t46-,47-,48-,49+,50+,51+,52-,53+,54+,55-/m1/s1. The maximum absolute atomic E-state index is 7.34. The van der Waals surface area contributed by atoms with E-state index in [9.17, 15) is 0 Å². The van der Waals surface area contributed by atoms with Crippen LogP contribution in [-0.4, -0.2) is 81.4 Å². The van der Waals surface area contributed by atoms with Crippen molar-refractivity contribution in [2.45, 2.75) is 101 Å². The molecule has 6 aromatic rings. The third-order valence-corrected chi connectivity index (χ3v) is 12.0. The average molecular weight is 895 g/mol. The van der Waals surface area contributed by atoms with Crippen molar-refractivity contribution in [1.29, 1.82) is 0 Å². The first-order valence-electron chi connectivity index (χ1n) is 22.7. The van der Waals surface area contributed by atoms with Crippen LogP contribution in [0.3, 0.4) is 0 Å². The lowest BCUT2D eigenvalue weighted by atomic mass is 9.93. The summed E-state index contributed by atoms with van der Waals surface area (Å²) in [5.41, 5.74) is 5.91. The van der Waals surface area contributed by atoms with Crippen LogP contribution in [0.15, 0.2) is 182 Å². The summed E-state index contributed by atoms with van der Waals surface area (Å²) in [4.78, 5) is 0. The van der Waals surface area contributed by atoms with Crippen molar-refractivity contribution in [3.05, 3.63) is 215 Å². The molecule has 3 aliphatic heterocycles. The third-order valence-electron chi connectivity index (χ3n) is 12.0. The normalized spacial score (nSPS) is 27.3. The lowest BCUT2D eigenvalue weighted by Gasteiger charge is -2.57. The van der Waals surface area contributed by atoms with E-state index in [-0.39, 0.29) is 46.2 Å². The lowest BCUT2D eigenvalue weighted by molar-refractivity contribution is -0.517. The van der Waals surface area contributed by atoms with Crippen molar-refractivity contribution in [3.8, 4) is 0 Å². The molecule has 3 fully saturated rings. The zero-order valence-corrected chi connectivity index (χ0v) is 37.2. The highest BCUT2D eigenvalue weighted by molar-refractivity contribution is 5.18. The molecule has 6 aromatic carbocycles. The van der Waals surface area contributed by atoms with Gasteiger partial charge in [-0.1, -0.05) is 182 Å². The Morgan fingerprint density at radius 1 is 0.439 bits per heavy atom. The summed E-state index contributed by atoms with van der Waals surface area (Å²) in [6.07, 6.45) is -6.97. The highest BCUT2D eigenvalue weighted by atomic mass is 16.9. The highest BCUT2D eigenvalue weighted by Crippen LogP contribution is 2.45. The number of rotatable bonds is 20. The van der Waals surface area contributed by atoms with Gasteiger partial charge in [-0.3, -0.25) is 0 Å². The molecule has 1 spiro atoms. The first-order chi connectivity index (χ1) is 32.6. The highest BCUT2D eigenvalue weighted by Gasteiger charge is 2.65. The van der Waals surface area contributed by atoms with Gasteiger partial charge in [-0.2, -0.15) is 0 Å². The van der Waals surface area contributed by atoms with Gasteiger partial charge in [0.15, 0.2) is 12.4 Å². The van der Waals surface area contributed by atoms with Crippen LogP contribution in [0, 0.1) is 0 Å². The molecule has 10 atom stereocenters. The molecule has 0 saturated carbocycles. The second-order valence-corrected chi connectivity index (χ2v) is 16.7. The fourth-order valence-electron chi connectivity index (χ4n) is 8.68. The van der Waals surface area contributed by atoms with Gasteiger partial charge in [0, 0.05) is 7.11 Å². The Bertz CT molecular complexity index is 2290. The first-order valence-corrected chi connectivity index (χ1v) is 22.7. The molecule has 0 unspecified atom stereocenters. The molecule has 344 valence electrons. The Balaban J connectivity index is 1.10. The van der Waals surface area contributed by atoms with Gasteiger partial charge in [-0.15, -0.1) is 0 Å². The van der Waals surface area contributed by atoms with Crippen LogP contribution in [0.1, 0.15) is 33.4 Å². The minimum atomic E-state index is -1.87. The van der Waals surface area contributed by atoms with Crippen molar-refractivity contribution in [3.63, 3.8) is 0 Å². The van der Waals surface area contributed by atoms with Gasteiger partial charge in [-0.25, -0.2) is 0 Å². The van der Waals surface area contributed by atoms with Crippen LogP contribution in [0.25, 0.3) is 0 Å². The van der Waals surface area contributed by atoms with Crippen molar-refractivity contribution < 1.29 is 52.1 Å².